The van der Waals surface area contributed by atoms with Crippen LogP contribution in [0.2, 0.25) is 0 Å². The summed E-state index contributed by atoms with van der Waals surface area (Å²) in [5.74, 6) is 0.0810. The van der Waals surface area contributed by atoms with Gasteiger partial charge in [0.05, 0.1) is 4.47 Å². The van der Waals surface area contributed by atoms with Crippen molar-refractivity contribution >= 4 is 34.2 Å². The molecular formula is C18H19BrClFN2O2. The number of halogens is 3. The fraction of sp³-hybridized carbons (Fsp3) is 0.278. The molecule has 0 aliphatic carbocycles. The van der Waals surface area contributed by atoms with Gasteiger partial charge in [0, 0.05) is 25.0 Å². The van der Waals surface area contributed by atoms with E-state index in [1.54, 1.807) is 4.90 Å². The molecule has 1 aliphatic rings. The summed E-state index contributed by atoms with van der Waals surface area (Å²) in [6.07, 6.45) is 0. The monoisotopic (exact) mass is 428 g/mol. The Morgan fingerprint density at radius 2 is 1.96 bits per heavy atom. The summed E-state index contributed by atoms with van der Waals surface area (Å²) in [5, 5.41) is 0. The van der Waals surface area contributed by atoms with Gasteiger partial charge in [-0.05, 0) is 39.7 Å². The van der Waals surface area contributed by atoms with Crippen molar-refractivity contribution in [3.63, 3.8) is 0 Å². The van der Waals surface area contributed by atoms with E-state index in [9.17, 15) is 9.18 Å². The van der Waals surface area contributed by atoms with Gasteiger partial charge >= 0.3 is 0 Å². The van der Waals surface area contributed by atoms with Crippen LogP contribution in [0.3, 0.4) is 0 Å². The quantitative estimate of drug-likeness (QED) is 0.811. The van der Waals surface area contributed by atoms with E-state index in [0.717, 1.165) is 5.56 Å². The molecule has 134 valence electrons. The van der Waals surface area contributed by atoms with E-state index < -0.39 is 0 Å². The molecule has 4 nitrogen and oxygen atoms in total. The topological polar surface area (TPSA) is 55.6 Å². The second-order valence-electron chi connectivity index (χ2n) is 5.84. The molecule has 2 N–H and O–H groups in total. The van der Waals surface area contributed by atoms with Crippen molar-refractivity contribution in [2.45, 2.75) is 12.0 Å². The summed E-state index contributed by atoms with van der Waals surface area (Å²) in [4.78, 5) is 14.1. The van der Waals surface area contributed by atoms with Crippen LogP contribution in [0, 0.1) is 5.82 Å². The van der Waals surface area contributed by atoms with E-state index in [1.807, 2.05) is 30.3 Å². The molecule has 1 amide bonds. The van der Waals surface area contributed by atoms with Gasteiger partial charge in [0.2, 0.25) is 0 Å². The smallest absolute Gasteiger partial charge is 0.260 e. The summed E-state index contributed by atoms with van der Waals surface area (Å²) in [6, 6.07) is 14.0. The molecule has 0 radical (unpaired) electrons. The van der Waals surface area contributed by atoms with Crippen LogP contribution in [0.25, 0.3) is 0 Å². The van der Waals surface area contributed by atoms with Crippen LogP contribution >= 0.6 is 28.3 Å². The number of hydrogen-bond acceptors (Lipinski definition) is 3. The zero-order chi connectivity index (χ0) is 17.1. The maximum absolute atomic E-state index is 13.1. The number of carbonyl (C=O) groups is 1. The van der Waals surface area contributed by atoms with Crippen LogP contribution in [0.4, 0.5) is 4.39 Å². The molecule has 2 aromatic carbocycles. The van der Waals surface area contributed by atoms with Crippen molar-refractivity contribution in [1.82, 2.24) is 4.90 Å². The standard InChI is InChI=1S/C18H18BrFN2O2.ClH/c19-15-8-13(20)6-7-17(15)24-11-18(23)22-9-14(16(21)10-22)12-4-2-1-3-5-12;/h1-8,14,16H,9-11,21H2;1H/t14-,16+;/m0./s1. The number of nitrogens with two attached hydrogens (primary N) is 1. The van der Waals surface area contributed by atoms with Crippen molar-refractivity contribution in [1.29, 1.82) is 0 Å². The van der Waals surface area contributed by atoms with Crippen molar-refractivity contribution in [2.24, 2.45) is 5.73 Å². The third kappa shape index (κ3) is 4.71. The van der Waals surface area contributed by atoms with E-state index in [2.05, 4.69) is 15.9 Å². The Kier molecular flexibility index (Phi) is 6.81. The Hall–Kier alpha value is -1.63. The van der Waals surface area contributed by atoms with Gasteiger partial charge in [-0.15, -0.1) is 12.4 Å². The minimum atomic E-state index is -0.364. The first-order chi connectivity index (χ1) is 11.5. The van der Waals surface area contributed by atoms with Crippen molar-refractivity contribution < 1.29 is 13.9 Å². The fourth-order valence-electron chi connectivity index (χ4n) is 2.91. The zero-order valence-electron chi connectivity index (χ0n) is 13.4. The Morgan fingerprint density at radius 1 is 1.24 bits per heavy atom. The number of carbonyl (C=O) groups excluding carboxylic acids is 1. The molecule has 7 heteroatoms. The number of hydrogen-bond donors (Lipinski definition) is 1. The zero-order valence-corrected chi connectivity index (χ0v) is 15.8. The average Bonchev–Trinajstić information content (AvgIpc) is 2.96. The lowest BCUT2D eigenvalue weighted by atomic mass is 9.95. The lowest BCUT2D eigenvalue weighted by Crippen LogP contribution is -2.35. The Bertz CT molecular complexity index is 732. The van der Waals surface area contributed by atoms with Crippen molar-refractivity contribution in [3.05, 3.63) is 64.4 Å². The molecule has 0 aromatic heterocycles. The molecule has 0 unspecified atom stereocenters. The third-order valence-corrected chi connectivity index (χ3v) is 4.81. The molecule has 2 atom stereocenters. The van der Waals surface area contributed by atoms with E-state index in [1.165, 1.54) is 18.2 Å². The molecule has 25 heavy (non-hydrogen) atoms. The van der Waals surface area contributed by atoms with Crippen LogP contribution < -0.4 is 10.5 Å². The summed E-state index contributed by atoms with van der Waals surface area (Å²) in [5.41, 5.74) is 7.34. The summed E-state index contributed by atoms with van der Waals surface area (Å²) in [6.45, 7) is 0.989. The first kappa shape index (κ1) is 19.7. The molecule has 0 saturated carbocycles. The number of likely N-dealkylation sites (tertiary alicyclic amines) is 1. The summed E-state index contributed by atoms with van der Waals surface area (Å²) >= 11 is 3.22. The van der Waals surface area contributed by atoms with Gasteiger partial charge in [-0.1, -0.05) is 30.3 Å². The molecule has 1 heterocycles. The van der Waals surface area contributed by atoms with Gasteiger partial charge in [0.15, 0.2) is 6.61 Å². The Labute approximate surface area is 160 Å². The number of amides is 1. The molecule has 3 rings (SSSR count). The minimum Gasteiger partial charge on any atom is -0.483 e. The third-order valence-electron chi connectivity index (χ3n) is 4.19. The Balaban J connectivity index is 0.00000225. The number of ether oxygens (including phenoxy) is 1. The maximum Gasteiger partial charge on any atom is 0.260 e. The molecule has 0 spiro atoms. The highest BCUT2D eigenvalue weighted by Crippen LogP contribution is 2.28. The summed E-state index contributed by atoms with van der Waals surface area (Å²) < 4.78 is 19.0. The number of rotatable bonds is 4. The SMILES string of the molecule is Cl.N[C@@H]1CN(C(=O)COc2ccc(F)cc2Br)C[C@H]1c1ccccc1. The van der Waals surface area contributed by atoms with Crippen LogP contribution in [0.5, 0.6) is 5.75 Å². The molecule has 1 aliphatic heterocycles. The van der Waals surface area contributed by atoms with Gasteiger partial charge in [0.1, 0.15) is 11.6 Å². The highest BCUT2D eigenvalue weighted by atomic mass is 79.9. The fourth-order valence-corrected chi connectivity index (χ4v) is 3.37. The molecule has 1 fully saturated rings. The van der Waals surface area contributed by atoms with E-state index in [4.69, 9.17) is 10.5 Å². The highest BCUT2D eigenvalue weighted by Gasteiger charge is 2.33. The van der Waals surface area contributed by atoms with Gasteiger partial charge in [-0.25, -0.2) is 4.39 Å². The highest BCUT2D eigenvalue weighted by molar-refractivity contribution is 9.10. The van der Waals surface area contributed by atoms with Crippen molar-refractivity contribution in [2.75, 3.05) is 19.7 Å². The molecule has 0 bridgehead atoms. The second kappa shape index (κ2) is 8.65. The van der Waals surface area contributed by atoms with Crippen LogP contribution in [0.15, 0.2) is 53.0 Å². The summed E-state index contributed by atoms with van der Waals surface area (Å²) in [7, 11) is 0. The van der Waals surface area contributed by atoms with Gasteiger partial charge in [-0.3, -0.25) is 4.79 Å². The van der Waals surface area contributed by atoms with Crippen LogP contribution in [-0.2, 0) is 4.79 Å². The van der Waals surface area contributed by atoms with E-state index >= 15 is 0 Å². The molecular weight excluding hydrogens is 411 g/mol. The van der Waals surface area contributed by atoms with Crippen LogP contribution in [-0.4, -0.2) is 36.5 Å². The predicted molar refractivity (Wildman–Crippen MR) is 101 cm³/mol. The lowest BCUT2D eigenvalue weighted by Gasteiger charge is -2.17. The second-order valence-corrected chi connectivity index (χ2v) is 6.70. The molecule has 2 aromatic rings. The number of nitrogens with zero attached hydrogens (tertiary/aromatic N) is 1. The van der Waals surface area contributed by atoms with Crippen LogP contribution in [0.1, 0.15) is 11.5 Å². The van der Waals surface area contributed by atoms with Crippen molar-refractivity contribution in [3.8, 4) is 5.75 Å². The van der Waals surface area contributed by atoms with Gasteiger partial charge in [0.25, 0.3) is 5.91 Å². The van der Waals surface area contributed by atoms with E-state index in [-0.39, 0.29) is 42.7 Å². The Morgan fingerprint density at radius 3 is 2.64 bits per heavy atom. The predicted octanol–water partition coefficient (Wildman–Crippen LogP) is 3.34. The maximum atomic E-state index is 13.1. The number of benzene rings is 2. The first-order valence-corrected chi connectivity index (χ1v) is 8.50. The van der Waals surface area contributed by atoms with E-state index in [0.29, 0.717) is 23.3 Å². The first-order valence-electron chi connectivity index (χ1n) is 7.71. The largest absolute Gasteiger partial charge is 0.483 e. The average molecular weight is 430 g/mol. The minimum absolute atomic E-state index is 0. The lowest BCUT2D eigenvalue weighted by molar-refractivity contribution is -0.132. The molecule has 1 saturated heterocycles. The van der Waals surface area contributed by atoms with Gasteiger partial charge in [-0.2, -0.15) is 0 Å². The normalized spacial score (nSPS) is 19.4. The van der Waals surface area contributed by atoms with Gasteiger partial charge < -0.3 is 15.4 Å².